The predicted molar refractivity (Wildman–Crippen MR) is 82.8 cm³/mol. The van der Waals surface area contributed by atoms with Crippen LogP contribution in [0.25, 0.3) is 0 Å². The number of rotatable bonds is 3. The monoisotopic (exact) mass is 315 g/mol. The van der Waals surface area contributed by atoms with Gasteiger partial charge in [-0.2, -0.15) is 5.10 Å². The van der Waals surface area contributed by atoms with Crippen LogP contribution in [0.5, 0.6) is 0 Å². The Morgan fingerprint density at radius 2 is 2.30 bits per heavy atom. The van der Waals surface area contributed by atoms with E-state index in [2.05, 4.69) is 14.6 Å². The lowest BCUT2D eigenvalue weighted by molar-refractivity contribution is -0.135. The number of fused-ring (bicyclic) bond motifs is 1. The van der Waals surface area contributed by atoms with Crippen molar-refractivity contribution >= 4 is 5.91 Å². The number of imidazole rings is 1. The number of carbonyl (C=O) groups is 1. The Labute approximate surface area is 134 Å². The zero-order valence-electron chi connectivity index (χ0n) is 13.1. The van der Waals surface area contributed by atoms with Crippen LogP contribution in [0.4, 0.5) is 0 Å². The number of carbonyl (C=O) groups excluding carboxylic acids is 1. The molecule has 2 aliphatic rings. The van der Waals surface area contributed by atoms with Gasteiger partial charge in [0.15, 0.2) is 0 Å². The molecule has 0 N–H and O–H groups in total. The molecule has 0 radical (unpaired) electrons. The number of hydrogen-bond donors (Lipinski definition) is 0. The molecule has 0 aromatic carbocycles. The standard InChI is InChI=1S/C16H21N5O2/c22-16(13-3-9-23-12-13)19-6-2-15-17-10-14(21(15)8-7-19)11-20-5-1-4-18-20/h1,4-5,10,13H,2-3,6-9,11-12H2. The lowest BCUT2D eigenvalue weighted by Crippen LogP contribution is -2.38. The molecule has 2 aliphatic heterocycles. The van der Waals surface area contributed by atoms with Crippen molar-refractivity contribution in [3.63, 3.8) is 0 Å². The summed E-state index contributed by atoms with van der Waals surface area (Å²) < 4.78 is 9.48. The first-order chi connectivity index (χ1) is 11.3. The highest BCUT2D eigenvalue weighted by atomic mass is 16.5. The van der Waals surface area contributed by atoms with Gasteiger partial charge in [0.25, 0.3) is 0 Å². The minimum Gasteiger partial charge on any atom is -0.381 e. The Bertz CT molecular complexity index is 673. The Morgan fingerprint density at radius 1 is 1.35 bits per heavy atom. The van der Waals surface area contributed by atoms with Crippen molar-refractivity contribution in [1.82, 2.24) is 24.2 Å². The van der Waals surface area contributed by atoms with Gasteiger partial charge < -0.3 is 14.2 Å². The third-order valence-corrected chi connectivity index (χ3v) is 4.69. The number of ether oxygens (including phenoxy) is 1. The summed E-state index contributed by atoms with van der Waals surface area (Å²) in [5, 5.41) is 4.26. The molecule has 4 heterocycles. The maximum atomic E-state index is 12.6. The Hall–Kier alpha value is -2.15. The van der Waals surface area contributed by atoms with E-state index >= 15 is 0 Å². The molecule has 0 spiro atoms. The van der Waals surface area contributed by atoms with Crippen LogP contribution in [-0.4, -0.2) is 56.4 Å². The molecule has 0 aliphatic carbocycles. The van der Waals surface area contributed by atoms with Crippen LogP contribution in [0.3, 0.4) is 0 Å². The topological polar surface area (TPSA) is 65.2 Å². The summed E-state index contributed by atoms with van der Waals surface area (Å²) >= 11 is 0. The highest BCUT2D eigenvalue weighted by molar-refractivity contribution is 5.79. The van der Waals surface area contributed by atoms with E-state index in [0.29, 0.717) is 19.8 Å². The summed E-state index contributed by atoms with van der Waals surface area (Å²) in [4.78, 5) is 19.1. The molecule has 4 rings (SSSR count). The minimum absolute atomic E-state index is 0.0453. The fraction of sp³-hybridized carbons (Fsp3) is 0.562. The van der Waals surface area contributed by atoms with Crippen LogP contribution in [0, 0.1) is 5.92 Å². The molecule has 1 amide bonds. The van der Waals surface area contributed by atoms with E-state index in [-0.39, 0.29) is 11.8 Å². The largest absolute Gasteiger partial charge is 0.381 e. The third kappa shape index (κ3) is 2.88. The molecule has 7 nitrogen and oxygen atoms in total. The highest BCUT2D eigenvalue weighted by Crippen LogP contribution is 2.18. The van der Waals surface area contributed by atoms with Crippen LogP contribution in [0.2, 0.25) is 0 Å². The zero-order chi connectivity index (χ0) is 15.6. The molecule has 0 saturated carbocycles. The summed E-state index contributed by atoms with van der Waals surface area (Å²) in [5.74, 6) is 1.34. The Morgan fingerprint density at radius 3 is 3.09 bits per heavy atom. The van der Waals surface area contributed by atoms with E-state index in [9.17, 15) is 4.79 Å². The molecule has 1 saturated heterocycles. The van der Waals surface area contributed by atoms with Crippen molar-refractivity contribution in [2.24, 2.45) is 5.92 Å². The summed E-state index contributed by atoms with van der Waals surface area (Å²) in [6.07, 6.45) is 7.32. The lowest BCUT2D eigenvalue weighted by atomic mass is 10.1. The van der Waals surface area contributed by atoms with Gasteiger partial charge in [-0.3, -0.25) is 9.48 Å². The molecule has 7 heteroatoms. The average molecular weight is 315 g/mol. The maximum Gasteiger partial charge on any atom is 0.228 e. The Kier molecular flexibility index (Phi) is 3.87. The van der Waals surface area contributed by atoms with Gasteiger partial charge in [0.2, 0.25) is 5.91 Å². The number of nitrogens with zero attached hydrogens (tertiary/aromatic N) is 5. The second-order valence-electron chi connectivity index (χ2n) is 6.16. The molecule has 1 atom stereocenters. The van der Waals surface area contributed by atoms with Gasteiger partial charge in [-0.05, 0) is 12.5 Å². The highest BCUT2D eigenvalue weighted by Gasteiger charge is 2.29. The second kappa shape index (κ2) is 6.16. The van der Waals surface area contributed by atoms with E-state index in [1.54, 1.807) is 6.20 Å². The average Bonchev–Trinajstić information content (AvgIpc) is 3.29. The quantitative estimate of drug-likeness (QED) is 0.830. The molecule has 122 valence electrons. The molecule has 2 aromatic heterocycles. The molecule has 1 unspecified atom stereocenters. The van der Waals surface area contributed by atoms with Crippen molar-refractivity contribution in [3.8, 4) is 0 Å². The smallest absolute Gasteiger partial charge is 0.228 e. The van der Waals surface area contributed by atoms with Gasteiger partial charge in [-0.15, -0.1) is 0 Å². The van der Waals surface area contributed by atoms with Crippen LogP contribution in [0.15, 0.2) is 24.7 Å². The molecule has 1 fully saturated rings. The van der Waals surface area contributed by atoms with Crippen LogP contribution in [0.1, 0.15) is 17.9 Å². The van der Waals surface area contributed by atoms with Gasteiger partial charge in [-0.25, -0.2) is 4.98 Å². The van der Waals surface area contributed by atoms with Gasteiger partial charge in [0, 0.05) is 45.1 Å². The molecule has 23 heavy (non-hydrogen) atoms. The van der Waals surface area contributed by atoms with Gasteiger partial charge in [-0.1, -0.05) is 0 Å². The van der Waals surface area contributed by atoms with Crippen molar-refractivity contribution in [1.29, 1.82) is 0 Å². The summed E-state index contributed by atoms with van der Waals surface area (Å²) in [5.41, 5.74) is 1.14. The second-order valence-corrected chi connectivity index (χ2v) is 6.16. The third-order valence-electron chi connectivity index (χ3n) is 4.69. The van der Waals surface area contributed by atoms with E-state index < -0.39 is 0 Å². The van der Waals surface area contributed by atoms with Crippen LogP contribution < -0.4 is 0 Å². The first-order valence-corrected chi connectivity index (χ1v) is 8.18. The number of aromatic nitrogens is 4. The fourth-order valence-corrected chi connectivity index (χ4v) is 3.39. The van der Waals surface area contributed by atoms with E-state index in [4.69, 9.17) is 4.74 Å². The normalized spacial score (nSPS) is 21.2. The SMILES string of the molecule is O=C(C1CCOC1)N1CCc2ncc(Cn3cccn3)n2CC1. The molecule has 0 bridgehead atoms. The Balaban J connectivity index is 1.46. The van der Waals surface area contributed by atoms with Crippen molar-refractivity contribution in [2.45, 2.75) is 25.9 Å². The zero-order valence-corrected chi connectivity index (χ0v) is 13.1. The molecule has 2 aromatic rings. The van der Waals surface area contributed by atoms with Gasteiger partial charge >= 0.3 is 0 Å². The van der Waals surface area contributed by atoms with Crippen molar-refractivity contribution < 1.29 is 9.53 Å². The van der Waals surface area contributed by atoms with E-state index in [1.807, 2.05) is 28.0 Å². The lowest BCUT2D eigenvalue weighted by Gasteiger charge is -2.23. The van der Waals surface area contributed by atoms with Gasteiger partial charge in [0.05, 0.1) is 31.0 Å². The summed E-state index contributed by atoms with van der Waals surface area (Å²) in [7, 11) is 0. The van der Waals surface area contributed by atoms with Gasteiger partial charge in [0.1, 0.15) is 5.82 Å². The number of amides is 1. The first kappa shape index (κ1) is 14.4. The van der Waals surface area contributed by atoms with Crippen LogP contribution in [-0.2, 0) is 29.0 Å². The van der Waals surface area contributed by atoms with E-state index in [1.165, 1.54) is 0 Å². The van der Waals surface area contributed by atoms with Crippen molar-refractivity contribution in [3.05, 3.63) is 36.2 Å². The predicted octanol–water partition coefficient (Wildman–Crippen LogP) is 0.549. The number of hydrogen-bond acceptors (Lipinski definition) is 4. The molecular formula is C16H21N5O2. The summed E-state index contributed by atoms with van der Waals surface area (Å²) in [6.45, 7) is 4.28. The minimum atomic E-state index is 0.0453. The van der Waals surface area contributed by atoms with E-state index in [0.717, 1.165) is 44.0 Å². The first-order valence-electron chi connectivity index (χ1n) is 8.18. The fourth-order valence-electron chi connectivity index (χ4n) is 3.39. The molecular weight excluding hydrogens is 294 g/mol. The summed E-state index contributed by atoms with van der Waals surface area (Å²) in [6, 6.07) is 1.92. The van der Waals surface area contributed by atoms with Crippen LogP contribution >= 0.6 is 0 Å². The maximum absolute atomic E-state index is 12.6. The van der Waals surface area contributed by atoms with Crippen molar-refractivity contribution in [2.75, 3.05) is 26.3 Å².